The third-order valence-corrected chi connectivity index (χ3v) is 6.25. The summed E-state index contributed by atoms with van der Waals surface area (Å²) < 4.78 is 0. The van der Waals surface area contributed by atoms with Gasteiger partial charge in [-0.2, -0.15) is 0 Å². The molecule has 4 N–H and O–H groups in total. The van der Waals surface area contributed by atoms with Gasteiger partial charge < -0.3 is 10.3 Å². The average molecular weight is 390 g/mol. The van der Waals surface area contributed by atoms with Crippen molar-refractivity contribution in [2.24, 2.45) is 5.92 Å². The van der Waals surface area contributed by atoms with Gasteiger partial charge in [0.2, 0.25) is 5.91 Å². The molecule has 5 rings (SSSR count). The molecule has 29 heavy (non-hydrogen) atoms. The molecule has 1 aromatic heterocycles. The summed E-state index contributed by atoms with van der Waals surface area (Å²) in [7, 11) is 0. The molecule has 2 fully saturated rings. The van der Waals surface area contributed by atoms with E-state index in [9.17, 15) is 4.79 Å². The first-order valence-corrected chi connectivity index (χ1v) is 10.6. The minimum absolute atomic E-state index is 0.0371. The number of amides is 1. The van der Waals surface area contributed by atoms with Crippen molar-refractivity contribution in [1.82, 2.24) is 20.8 Å². The first-order valence-electron chi connectivity index (χ1n) is 10.6. The zero-order valence-electron chi connectivity index (χ0n) is 16.4. The molecule has 2 heterocycles. The van der Waals surface area contributed by atoms with E-state index in [2.05, 4.69) is 50.4 Å². The predicted molar refractivity (Wildman–Crippen MR) is 114 cm³/mol. The van der Waals surface area contributed by atoms with E-state index in [1.54, 1.807) is 0 Å². The molecule has 2 aromatic carbocycles. The monoisotopic (exact) mass is 389 g/mol. The Bertz CT molecular complexity index is 999. The number of carbonyl (C=O) groups is 1. The Morgan fingerprint density at radius 1 is 1.03 bits per heavy atom. The number of hydrazine groups is 1. The van der Waals surface area contributed by atoms with Gasteiger partial charge in [-0.15, -0.1) is 0 Å². The molecular weight excluding hydrogens is 362 g/mol. The van der Waals surface area contributed by atoms with Crippen LogP contribution in [0.4, 0.5) is 5.69 Å². The zero-order valence-corrected chi connectivity index (χ0v) is 16.4. The van der Waals surface area contributed by atoms with Crippen LogP contribution in [0.3, 0.4) is 0 Å². The van der Waals surface area contributed by atoms with Gasteiger partial charge in [0.1, 0.15) is 11.9 Å². The molecule has 0 radical (unpaired) electrons. The van der Waals surface area contributed by atoms with E-state index in [4.69, 9.17) is 0 Å². The number of rotatable bonds is 5. The largest absolute Gasteiger partial charge is 0.342 e. The Morgan fingerprint density at radius 3 is 2.79 bits per heavy atom. The first kappa shape index (κ1) is 18.3. The fourth-order valence-corrected chi connectivity index (χ4v) is 4.69. The van der Waals surface area contributed by atoms with Crippen molar-refractivity contribution in [2.45, 2.75) is 50.6 Å². The number of carbonyl (C=O) groups excluding carboxylic acids is 1. The highest BCUT2D eigenvalue weighted by molar-refractivity contribution is 5.96. The topological polar surface area (TPSA) is 81.8 Å². The van der Waals surface area contributed by atoms with Crippen molar-refractivity contribution < 1.29 is 4.79 Å². The molecule has 0 bridgehead atoms. The summed E-state index contributed by atoms with van der Waals surface area (Å²) in [5, 5.41) is 3.09. The molecule has 3 atom stereocenters. The minimum atomic E-state index is -0.167. The molecule has 3 aromatic rings. The maximum Gasteiger partial charge on any atom is 0.243 e. The van der Waals surface area contributed by atoms with E-state index in [1.165, 1.54) is 18.4 Å². The van der Waals surface area contributed by atoms with E-state index in [0.29, 0.717) is 12.0 Å². The summed E-state index contributed by atoms with van der Waals surface area (Å²) in [6, 6.07) is 16.6. The molecule has 6 nitrogen and oxygen atoms in total. The van der Waals surface area contributed by atoms with E-state index >= 15 is 0 Å². The first-order chi connectivity index (χ1) is 14.3. The fraction of sp³-hybridized carbons (Fsp3) is 0.391. The van der Waals surface area contributed by atoms with Gasteiger partial charge in [-0.05, 0) is 43.0 Å². The average Bonchev–Trinajstić information content (AvgIpc) is 3.36. The molecule has 3 unspecified atom stereocenters. The maximum absolute atomic E-state index is 12.8. The third kappa shape index (κ3) is 3.91. The van der Waals surface area contributed by atoms with Crippen LogP contribution >= 0.6 is 0 Å². The van der Waals surface area contributed by atoms with Crippen molar-refractivity contribution in [3.63, 3.8) is 0 Å². The number of hydrogen-bond donors (Lipinski definition) is 4. The molecule has 2 aliphatic rings. The highest BCUT2D eigenvalue weighted by Gasteiger charge is 2.40. The predicted octanol–water partition coefficient (Wildman–Crippen LogP) is 3.32. The number of aromatic amines is 1. The summed E-state index contributed by atoms with van der Waals surface area (Å²) in [5.41, 5.74) is 10.5. The van der Waals surface area contributed by atoms with Gasteiger partial charge >= 0.3 is 0 Å². The number of fused-ring (bicyclic) bond motifs is 2. The number of nitrogens with one attached hydrogen (secondary N) is 4. The maximum atomic E-state index is 12.8. The Morgan fingerprint density at radius 2 is 1.90 bits per heavy atom. The SMILES string of the molecule is O=C(Nc1ccc2nc(CCc3ccccc3)[nH]c2c1)C1NNC2CCCCC21. The van der Waals surface area contributed by atoms with Gasteiger partial charge in [0.05, 0.1) is 11.0 Å². The standard InChI is InChI=1S/C23H27N5O/c29-23(22-17-8-4-5-9-18(17)27-28-22)24-16-11-12-19-20(14-16)26-21(25-19)13-10-15-6-2-1-3-7-15/h1-3,6-7,11-12,14,17-18,22,27-28H,4-5,8-10,13H2,(H,24,29)(H,25,26). The van der Waals surface area contributed by atoms with Crippen LogP contribution in [0.5, 0.6) is 0 Å². The lowest BCUT2D eigenvalue weighted by atomic mass is 9.81. The molecule has 150 valence electrons. The van der Waals surface area contributed by atoms with Crippen LogP contribution in [0.25, 0.3) is 11.0 Å². The Balaban J connectivity index is 1.25. The lowest BCUT2D eigenvalue weighted by molar-refractivity contribution is -0.118. The second-order valence-electron chi connectivity index (χ2n) is 8.21. The van der Waals surface area contributed by atoms with Crippen molar-refractivity contribution in [2.75, 3.05) is 5.32 Å². The third-order valence-electron chi connectivity index (χ3n) is 6.25. The minimum Gasteiger partial charge on any atom is -0.342 e. The van der Waals surface area contributed by atoms with Crippen LogP contribution in [0.1, 0.15) is 37.1 Å². The number of nitrogens with zero attached hydrogens (tertiary/aromatic N) is 1. The number of benzene rings is 2. The second kappa shape index (κ2) is 7.97. The molecule has 6 heteroatoms. The Hall–Kier alpha value is -2.70. The number of hydrogen-bond acceptors (Lipinski definition) is 4. The van der Waals surface area contributed by atoms with Gasteiger partial charge in [-0.1, -0.05) is 43.2 Å². The summed E-state index contributed by atoms with van der Waals surface area (Å²) in [6.07, 6.45) is 6.52. The van der Waals surface area contributed by atoms with Crippen LogP contribution in [-0.2, 0) is 17.6 Å². The van der Waals surface area contributed by atoms with E-state index in [1.807, 2.05) is 24.3 Å². The Kier molecular flexibility index (Phi) is 5.04. The lowest BCUT2D eigenvalue weighted by Gasteiger charge is -2.26. The van der Waals surface area contributed by atoms with E-state index in [-0.39, 0.29) is 11.9 Å². The fourth-order valence-electron chi connectivity index (χ4n) is 4.69. The second-order valence-corrected chi connectivity index (χ2v) is 8.21. The molecule has 1 saturated heterocycles. The summed E-state index contributed by atoms with van der Waals surface area (Å²) in [4.78, 5) is 20.9. The van der Waals surface area contributed by atoms with E-state index in [0.717, 1.165) is 48.2 Å². The van der Waals surface area contributed by atoms with Gasteiger partial charge in [-0.25, -0.2) is 10.4 Å². The van der Waals surface area contributed by atoms with Crippen molar-refractivity contribution in [3.05, 3.63) is 59.9 Å². The van der Waals surface area contributed by atoms with Gasteiger partial charge in [0.15, 0.2) is 0 Å². The van der Waals surface area contributed by atoms with Crippen LogP contribution in [0, 0.1) is 5.92 Å². The highest BCUT2D eigenvalue weighted by Crippen LogP contribution is 2.30. The van der Waals surface area contributed by atoms with Crippen molar-refractivity contribution in [3.8, 4) is 0 Å². The van der Waals surface area contributed by atoms with Crippen LogP contribution in [0.2, 0.25) is 0 Å². The number of aryl methyl sites for hydroxylation is 2. The van der Waals surface area contributed by atoms with Gasteiger partial charge in [-0.3, -0.25) is 10.2 Å². The molecule has 1 aliphatic carbocycles. The molecule has 1 saturated carbocycles. The number of anilines is 1. The number of aromatic nitrogens is 2. The molecule has 1 aliphatic heterocycles. The quantitative estimate of drug-likeness (QED) is 0.540. The Labute approximate surface area is 170 Å². The summed E-state index contributed by atoms with van der Waals surface area (Å²) >= 11 is 0. The summed E-state index contributed by atoms with van der Waals surface area (Å²) in [5.74, 6) is 1.39. The smallest absolute Gasteiger partial charge is 0.243 e. The van der Waals surface area contributed by atoms with Crippen LogP contribution in [-0.4, -0.2) is 28.0 Å². The van der Waals surface area contributed by atoms with Gasteiger partial charge in [0, 0.05) is 24.1 Å². The van der Waals surface area contributed by atoms with Crippen LogP contribution < -0.4 is 16.2 Å². The number of imidazole rings is 1. The van der Waals surface area contributed by atoms with Gasteiger partial charge in [0.25, 0.3) is 0 Å². The van der Waals surface area contributed by atoms with Crippen LogP contribution in [0.15, 0.2) is 48.5 Å². The molecular formula is C23H27N5O. The number of H-pyrrole nitrogens is 1. The highest BCUT2D eigenvalue weighted by atomic mass is 16.2. The molecule has 0 spiro atoms. The normalized spacial score (nSPS) is 23.8. The van der Waals surface area contributed by atoms with Crippen molar-refractivity contribution >= 4 is 22.6 Å². The zero-order chi connectivity index (χ0) is 19.6. The summed E-state index contributed by atoms with van der Waals surface area (Å²) in [6.45, 7) is 0. The van der Waals surface area contributed by atoms with E-state index < -0.39 is 0 Å². The lowest BCUT2D eigenvalue weighted by Crippen LogP contribution is -2.42. The van der Waals surface area contributed by atoms with Crippen molar-refractivity contribution in [1.29, 1.82) is 0 Å². The molecule has 1 amide bonds.